The van der Waals surface area contributed by atoms with Gasteiger partial charge < -0.3 is 10.6 Å². The summed E-state index contributed by atoms with van der Waals surface area (Å²) in [5.74, 6) is 0.712. The summed E-state index contributed by atoms with van der Waals surface area (Å²) >= 11 is 1.79. The van der Waals surface area contributed by atoms with Crippen molar-refractivity contribution in [2.45, 2.75) is 45.6 Å². The summed E-state index contributed by atoms with van der Waals surface area (Å²) in [6.45, 7) is 7.18. The highest BCUT2D eigenvalue weighted by Gasteiger charge is 2.29. The Labute approximate surface area is 102 Å². The van der Waals surface area contributed by atoms with E-state index in [9.17, 15) is 0 Å². The summed E-state index contributed by atoms with van der Waals surface area (Å²) in [7, 11) is 0. The summed E-state index contributed by atoms with van der Waals surface area (Å²) in [6.07, 6.45) is 3.77. The molecule has 16 heavy (non-hydrogen) atoms. The minimum atomic E-state index is 0.646. The maximum Gasteiger partial charge on any atom is 0.185 e. The summed E-state index contributed by atoms with van der Waals surface area (Å²) in [5.41, 5.74) is 7.09. The Hall–Kier alpha value is -0.610. The van der Waals surface area contributed by atoms with Gasteiger partial charge in [-0.05, 0) is 26.2 Å². The fraction of sp³-hybridized carbons (Fsp3) is 0.750. The van der Waals surface area contributed by atoms with Crippen molar-refractivity contribution in [3.63, 3.8) is 0 Å². The molecule has 0 spiro atoms. The van der Waals surface area contributed by atoms with Crippen LogP contribution in [-0.4, -0.2) is 18.1 Å². The number of nitrogens with zero attached hydrogens (tertiary/aromatic N) is 2. The number of aromatic nitrogens is 1. The van der Waals surface area contributed by atoms with Gasteiger partial charge in [-0.15, -0.1) is 11.3 Å². The molecule has 1 aliphatic rings. The zero-order chi connectivity index (χ0) is 11.5. The highest BCUT2D eigenvalue weighted by Crippen LogP contribution is 2.44. The van der Waals surface area contributed by atoms with E-state index >= 15 is 0 Å². The zero-order valence-corrected chi connectivity index (χ0v) is 11.0. The first-order valence-electron chi connectivity index (χ1n) is 6.24. The third-order valence-corrected chi connectivity index (χ3v) is 4.17. The lowest BCUT2D eigenvalue weighted by molar-refractivity contribution is 0.784. The second-order valence-electron chi connectivity index (χ2n) is 4.36. The maximum absolute atomic E-state index is 5.80. The van der Waals surface area contributed by atoms with Crippen molar-refractivity contribution in [3.8, 4) is 0 Å². The van der Waals surface area contributed by atoms with Crippen LogP contribution in [0.25, 0.3) is 0 Å². The van der Waals surface area contributed by atoms with E-state index in [4.69, 9.17) is 10.7 Å². The van der Waals surface area contributed by atoms with Gasteiger partial charge in [-0.1, -0.05) is 6.92 Å². The molecule has 4 heteroatoms. The van der Waals surface area contributed by atoms with Gasteiger partial charge in [-0.25, -0.2) is 4.98 Å². The van der Waals surface area contributed by atoms with Crippen LogP contribution in [0.4, 0.5) is 5.13 Å². The van der Waals surface area contributed by atoms with Crippen LogP contribution in [0.2, 0.25) is 0 Å². The van der Waals surface area contributed by atoms with Gasteiger partial charge in [-0.3, -0.25) is 0 Å². The van der Waals surface area contributed by atoms with E-state index in [0.29, 0.717) is 12.5 Å². The summed E-state index contributed by atoms with van der Waals surface area (Å²) < 4.78 is 0. The predicted molar refractivity (Wildman–Crippen MR) is 70.2 cm³/mol. The van der Waals surface area contributed by atoms with Crippen LogP contribution in [0.5, 0.6) is 0 Å². The third-order valence-electron chi connectivity index (χ3n) is 3.01. The Balaban J connectivity index is 2.19. The number of rotatable bonds is 6. The van der Waals surface area contributed by atoms with Crippen molar-refractivity contribution >= 4 is 16.5 Å². The van der Waals surface area contributed by atoms with E-state index in [2.05, 4.69) is 18.7 Å². The largest absolute Gasteiger partial charge is 0.348 e. The fourth-order valence-electron chi connectivity index (χ4n) is 1.97. The van der Waals surface area contributed by atoms with Crippen molar-refractivity contribution in [2.75, 3.05) is 18.0 Å². The smallest absolute Gasteiger partial charge is 0.185 e. The Morgan fingerprint density at radius 3 is 2.69 bits per heavy atom. The van der Waals surface area contributed by atoms with E-state index in [-0.39, 0.29) is 0 Å². The van der Waals surface area contributed by atoms with Gasteiger partial charge >= 0.3 is 0 Å². The van der Waals surface area contributed by atoms with Crippen molar-refractivity contribution in [2.24, 2.45) is 5.73 Å². The lowest BCUT2D eigenvalue weighted by Gasteiger charge is -2.18. The molecular weight excluding hydrogens is 218 g/mol. The highest BCUT2D eigenvalue weighted by atomic mass is 32.1. The van der Waals surface area contributed by atoms with E-state index in [1.54, 1.807) is 11.3 Å². The summed E-state index contributed by atoms with van der Waals surface area (Å²) in [6, 6.07) is 0. The molecule has 1 fully saturated rings. The molecule has 0 amide bonds. The van der Waals surface area contributed by atoms with Gasteiger partial charge in [0.1, 0.15) is 0 Å². The molecule has 1 aromatic heterocycles. The van der Waals surface area contributed by atoms with Crippen molar-refractivity contribution in [1.29, 1.82) is 0 Å². The first kappa shape index (κ1) is 11.9. The normalized spacial score (nSPS) is 15.4. The number of nitrogens with two attached hydrogens (primary N) is 1. The monoisotopic (exact) mass is 239 g/mol. The Kier molecular flexibility index (Phi) is 3.82. The molecule has 2 N–H and O–H groups in total. The molecule has 1 heterocycles. The Morgan fingerprint density at radius 2 is 2.19 bits per heavy atom. The molecule has 3 nitrogen and oxygen atoms in total. The Morgan fingerprint density at radius 1 is 1.44 bits per heavy atom. The number of hydrogen-bond donors (Lipinski definition) is 1. The molecule has 0 radical (unpaired) electrons. The van der Waals surface area contributed by atoms with Crippen LogP contribution in [0, 0.1) is 0 Å². The quantitative estimate of drug-likeness (QED) is 0.830. The number of anilines is 1. The first-order valence-corrected chi connectivity index (χ1v) is 7.06. The molecule has 90 valence electrons. The van der Waals surface area contributed by atoms with Gasteiger partial charge in [0.15, 0.2) is 5.13 Å². The lowest BCUT2D eigenvalue weighted by atomic mass is 10.2. The van der Waals surface area contributed by atoms with Crippen molar-refractivity contribution < 1.29 is 0 Å². The molecular formula is C12H21N3S. The van der Waals surface area contributed by atoms with Gasteiger partial charge in [-0.2, -0.15) is 0 Å². The molecule has 1 saturated carbocycles. The van der Waals surface area contributed by atoms with E-state index in [1.807, 2.05) is 0 Å². The second-order valence-corrected chi connectivity index (χ2v) is 5.42. The second kappa shape index (κ2) is 5.15. The van der Waals surface area contributed by atoms with Gasteiger partial charge in [0.25, 0.3) is 0 Å². The van der Waals surface area contributed by atoms with Crippen LogP contribution in [0.3, 0.4) is 0 Å². The first-order chi connectivity index (χ1) is 7.80. The van der Waals surface area contributed by atoms with Gasteiger partial charge in [0, 0.05) is 30.4 Å². The zero-order valence-electron chi connectivity index (χ0n) is 10.2. The van der Waals surface area contributed by atoms with Crippen molar-refractivity contribution in [1.82, 2.24) is 4.98 Å². The average molecular weight is 239 g/mol. The fourth-order valence-corrected chi connectivity index (χ4v) is 3.08. The van der Waals surface area contributed by atoms with Crippen LogP contribution < -0.4 is 10.6 Å². The minimum Gasteiger partial charge on any atom is -0.348 e. The minimum absolute atomic E-state index is 0.646. The average Bonchev–Trinajstić information content (AvgIpc) is 3.06. The maximum atomic E-state index is 5.80. The molecule has 0 unspecified atom stereocenters. The van der Waals surface area contributed by atoms with Crippen LogP contribution in [-0.2, 0) is 6.54 Å². The topological polar surface area (TPSA) is 42.2 Å². The number of thiazole rings is 1. The summed E-state index contributed by atoms with van der Waals surface area (Å²) in [5, 5.41) is 1.17. The van der Waals surface area contributed by atoms with Crippen LogP contribution >= 0.6 is 11.3 Å². The SMILES string of the molecule is CCCN(CC)c1nc(C2CC2)c(CN)s1. The van der Waals surface area contributed by atoms with Crippen LogP contribution in [0.15, 0.2) is 0 Å². The van der Waals surface area contributed by atoms with Crippen molar-refractivity contribution in [3.05, 3.63) is 10.6 Å². The molecule has 0 bridgehead atoms. The van der Waals surface area contributed by atoms with E-state index in [1.165, 1.54) is 35.0 Å². The van der Waals surface area contributed by atoms with E-state index < -0.39 is 0 Å². The lowest BCUT2D eigenvalue weighted by Crippen LogP contribution is -2.23. The molecule has 0 saturated heterocycles. The van der Waals surface area contributed by atoms with E-state index in [0.717, 1.165) is 13.1 Å². The molecule has 2 rings (SSSR count). The molecule has 1 aliphatic carbocycles. The molecule has 1 aromatic rings. The molecule has 0 aromatic carbocycles. The predicted octanol–water partition coefficient (Wildman–Crippen LogP) is 2.72. The highest BCUT2D eigenvalue weighted by molar-refractivity contribution is 7.15. The third kappa shape index (κ3) is 2.38. The number of hydrogen-bond acceptors (Lipinski definition) is 4. The molecule has 0 atom stereocenters. The van der Waals surface area contributed by atoms with Gasteiger partial charge in [0.05, 0.1) is 5.69 Å². The summed E-state index contributed by atoms with van der Waals surface area (Å²) in [4.78, 5) is 8.45. The Bertz CT molecular complexity index is 344. The van der Waals surface area contributed by atoms with Gasteiger partial charge in [0.2, 0.25) is 0 Å². The molecule has 0 aliphatic heterocycles. The standard InChI is InChI=1S/C12H21N3S/c1-3-7-15(4-2)12-14-11(9-5-6-9)10(8-13)16-12/h9H,3-8,13H2,1-2H3. The van der Waals surface area contributed by atoms with Crippen LogP contribution in [0.1, 0.15) is 49.6 Å².